The van der Waals surface area contributed by atoms with Crippen molar-refractivity contribution in [3.8, 4) is 96.1 Å². The van der Waals surface area contributed by atoms with Crippen LogP contribution in [-0.4, -0.2) is 31.7 Å². The van der Waals surface area contributed by atoms with Gasteiger partial charge in [0, 0.05) is 42.1 Å². The first-order valence-electron chi connectivity index (χ1n) is 6.56. The SMILES string of the molecule is C#CC#CC#CC#COP(=O)(CCN(C)C)OC#CC#CC#CC#C. The van der Waals surface area contributed by atoms with Gasteiger partial charge in [0.1, 0.15) is 12.2 Å². The van der Waals surface area contributed by atoms with E-state index in [1.165, 1.54) is 0 Å². The molecule has 0 amide bonds. The molecule has 0 saturated carbocycles. The molecule has 0 fully saturated rings. The summed E-state index contributed by atoms with van der Waals surface area (Å²) in [4.78, 5) is 1.81. The van der Waals surface area contributed by atoms with E-state index in [-0.39, 0.29) is 6.16 Å². The Labute approximate surface area is 149 Å². The molecular weight excluding hydrogens is 333 g/mol. The molecule has 0 aromatic rings. The van der Waals surface area contributed by atoms with Crippen LogP contribution in [0.3, 0.4) is 0 Å². The Balaban J connectivity index is 4.98. The highest BCUT2D eigenvalue weighted by atomic mass is 31.2. The zero-order valence-electron chi connectivity index (χ0n) is 13.7. The fraction of sp³-hybridized carbons (Fsp3) is 0.200. The summed E-state index contributed by atoms with van der Waals surface area (Å²) < 4.78 is 22.5. The Morgan fingerprint density at radius 3 is 1.56 bits per heavy atom. The van der Waals surface area contributed by atoms with Gasteiger partial charge in [-0.15, -0.1) is 12.8 Å². The first-order chi connectivity index (χ1) is 12.0. The lowest BCUT2D eigenvalue weighted by atomic mass is 10.5. The fourth-order valence-electron chi connectivity index (χ4n) is 0.928. The van der Waals surface area contributed by atoms with Gasteiger partial charge in [-0.2, -0.15) is 0 Å². The molecular formula is C20H12NO3P. The van der Waals surface area contributed by atoms with Gasteiger partial charge in [-0.25, -0.2) is 4.57 Å². The molecule has 0 rings (SSSR count). The lowest BCUT2D eigenvalue weighted by Crippen LogP contribution is -2.17. The lowest BCUT2D eigenvalue weighted by Gasteiger charge is -2.14. The van der Waals surface area contributed by atoms with Gasteiger partial charge < -0.3 is 13.9 Å². The van der Waals surface area contributed by atoms with Gasteiger partial charge in [-0.05, 0) is 49.6 Å². The van der Waals surface area contributed by atoms with Crippen LogP contribution in [0.1, 0.15) is 0 Å². The number of hydrogen-bond donors (Lipinski definition) is 0. The smallest absolute Gasteiger partial charge is 0.361 e. The van der Waals surface area contributed by atoms with Gasteiger partial charge >= 0.3 is 7.60 Å². The third kappa shape index (κ3) is 13.6. The Bertz CT molecular complexity index is 897. The summed E-state index contributed by atoms with van der Waals surface area (Å²) in [6, 6.07) is 0. The molecule has 0 bridgehead atoms. The second-order valence-corrected chi connectivity index (χ2v) is 6.10. The Morgan fingerprint density at radius 2 is 1.16 bits per heavy atom. The molecule has 0 N–H and O–H groups in total. The molecule has 0 spiro atoms. The quantitative estimate of drug-likeness (QED) is 0.550. The van der Waals surface area contributed by atoms with Crippen LogP contribution in [0, 0.1) is 96.1 Å². The summed E-state index contributed by atoms with van der Waals surface area (Å²) in [6.45, 7) is 0.444. The average molecular weight is 345 g/mol. The van der Waals surface area contributed by atoms with Gasteiger partial charge in [0.2, 0.25) is 0 Å². The van der Waals surface area contributed by atoms with Gasteiger partial charge in [0.05, 0.1) is 6.16 Å². The molecule has 25 heavy (non-hydrogen) atoms. The molecule has 0 saturated heterocycles. The van der Waals surface area contributed by atoms with Crippen LogP contribution >= 0.6 is 7.60 Å². The van der Waals surface area contributed by atoms with E-state index in [2.05, 4.69) is 83.3 Å². The summed E-state index contributed by atoms with van der Waals surface area (Å²) in [6.07, 6.45) is 14.3. The molecule has 120 valence electrons. The molecule has 0 atom stereocenters. The third-order valence-electron chi connectivity index (χ3n) is 1.94. The fourth-order valence-corrected chi connectivity index (χ4v) is 2.16. The highest BCUT2D eigenvalue weighted by molar-refractivity contribution is 7.54. The summed E-state index contributed by atoms with van der Waals surface area (Å²) in [5.41, 5.74) is 0. The van der Waals surface area contributed by atoms with Crippen molar-refractivity contribution in [2.45, 2.75) is 0 Å². The Hall–Kier alpha value is -3.73. The average Bonchev–Trinajstić information content (AvgIpc) is 2.59. The maximum Gasteiger partial charge on any atom is 0.448 e. The van der Waals surface area contributed by atoms with Gasteiger partial charge in [-0.1, -0.05) is 0 Å². The number of terminal acetylenes is 2. The monoisotopic (exact) mass is 345 g/mol. The largest absolute Gasteiger partial charge is 0.448 e. The summed E-state index contributed by atoms with van der Waals surface area (Å²) in [5.74, 6) is 27.7. The van der Waals surface area contributed by atoms with E-state index < -0.39 is 7.60 Å². The van der Waals surface area contributed by atoms with Crippen LogP contribution in [0.5, 0.6) is 0 Å². The highest BCUT2D eigenvalue weighted by Gasteiger charge is 2.26. The molecule has 4 nitrogen and oxygen atoms in total. The van der Waals surface area contributed by atoms with Crippen LogP contribution in [0.25, 0.3) is 0 Å². The second-order valence-electron chi connectivity index (χ2n) is 4.06. The maximum absolute atomic E-state index is 12.5. The second kappa shape index (κ2) is 13.9. The van der Waals surface area contributed by atoms with Crippen LogP contribution < -0.4 is 0 Å². The van der Waals surface area contributed by atoms with E-state index >= 15 is 0 Å². The zero-order valence-corrected chi connectivity index (χ0v) is 14.6. The number of hydrogen-bond acceptors (Lipinski definition) is 4. The summed E-state index contributed by atoms with van der Waals surface area (Å²) >= 11 is 0. The summed E-state index contributed by atoms with van der Waals surface area (Å²) in [5, 5.41) is 0. The molecule has 0 unspecified atom stereocenters. The van der Waals surface area contributed by atoms with Crippen molar-refractivity contribution in [2.75, 3.05) is 26.8 Å². The molecule has 0 radical (unpaired) electrons. The van der Waals surface area contributed by atoms with Crippen molar-refractivity contribution in [1.29, 1.82) is 0 Å². The Morgan fingerprint density at radius 1 is 0.760 bits per heavy atom. The predicted molar refractivity (Wildman–Crippen MR) is 97.5 cm³/mol. The van der Waals surface area contributed by atoms with Crippen molar-refractivity contribution < 1.29 is 13.6 Å². The molecule has 0 aliphatic carbocycles. The van der Waals surface area contributed by atoms with E-state index in [0.717, 1.165) is 0 Å². The number of rotatable bonds is 5. The minimum atomic E-state index is -3.56. The molecule has 0 heterocycles. The minimum absolute atomic E-state index is 0.0814. The van der Waals surface area contributed by atoms with Crippen molar-refractivity contribution >= 4 is 7.60 Å². The van der Waals surface area contributed by atoms with E-state index in [1.807, 2.05) is 19.0 Å². The van der Waals surface area contributed by atoms with Crippen molar-refractivity contribution in [3.05, 3.63) is 0 Å². The summed E-state index contributed by atoms with van der Waals surface area (Å²) in [7, 11) is 0.0678. The molecule has 5 heteroatoms. The van der Waals surface area contributed by atoms with Gasteiger partial charge in [-0.3, -0.25) is 0 Å². The third-order valence-corrected chi connectivity index (χ3v) is 3.42. The van der Waals surface area contributed by atoms with Crippen molar-refractivity contribution in [1.82, 2.24) is 4.90 Å². The number of nitrogens with zero attached hydrogens (tertiary/aromatic N) is 1. The molecule has 0 aliphatic rings. The van der Waals surface area contributed by atoms with E-state index in [9.17, 15) is 4.57 Å². The first-order valence-corrected chi connectivity index (χ1v) is 8.29. The van der Waals surface area contributed by atoms with E-state index in [0.29, 0.717) is 6.54 Å². The van der Waals surface area contributed by atoms with Gasteiger partial charge in [0.15, 0.2) is 0 Å². The molecule has 0 aliphatic heterocycles. The van der Waals surface area contributed by atoms with Crippen molar-refractivity contribution in [2.24, 2.45) is 0 Å². The van der Waals surface area contributed by atoms with Crippen molar-refractivity contribution in [3.63, 3.8) is 0 Å². The minimum Gasteiger partial charge on any atom is -0.361 e. The Kier molecular flexibility index (Phi) is 11.8. The predicted octanol–water partition coefficient (Wildman–Crippen LogP) is 0.976. The molecule has 0 aromatic carbocycles. The van der Waals surface area contributed by atoms with E-state index in [4.69, 9.17) is 21.9 Å². The maximum atomic E-state index is 12.5. The van der Waals surface area contributed by atoms with Crippen LogP contribution in [-0.2, 0) is 13.6 Å². The standard InChI is InChI=1S/C20H12NO3P/c1-5-7-9-11-13-15-18-23-25(22,20-17-21(3)4)24-19-16-14-12-10-8-6-2/h1-2H,17,20H2,3-4H3. The van der Waals surface area contributed by atoms with Crippen LogP contribution in [0.4, 0.5) is 0 Å². The topological polar surface area (TPSA) is 38.8 Å². The lowest BCUT2D eigenvalue weighted by molar-refractivity contribution is 0.341. The van der Waals surface area contributed by atoms with E-state index in [1.54, 1.807) is 0 Å². The van der Waals surface area contributed by atoms with Crippen LogP contribution in [0.15, 0.2) is 0 Å². The normalized spacial score (nSPS) is 7.24. The van der Waals surface area contributed by atoms with Gasteiger partial charge in [0.25, 0.3) is 0 Å². The first kappa shape index (κ1) is 21.3. The molecule has 0 aromatic heterocycles. The highest BCUT2D eigenvalue weighted by Crippen LogP contribution is 2.47. The van der Waals surface area contributed by atoms with Crippen LogP contribution in [0.2, 0.25) is 0 Å². The zero-order chi connectivity index (χ0) is 18.8.